The van der Waals surface area contributed by atoms with Crippen molar-refractivity contribution in [2.45, 2.75) is 50.9 Å². The molecule has 0 saturated heterocycles. The molecule has 0 radical (unpaired) electrons. The second-order valence-electron chi connectivity index (χ2n) is 7.40. The first-order valence-corrected chi connectivity index (χ1v) is 9.67. The van der Waals surface area contributed by atoms with E-state index in [0.717, 1.165) is 0 Å². The molecular formula is C18H30N6O7. The van der Waals surface area contributed by atoms with Crippen LogP contribution < -0.4 is 21.7 Å². The monoisotopic (exact) mass is 442 g/mol. The largest absolute Gasteiger partial charge is 0.480 e. The lowest BCUT2D eigenvalue weighted by Crippen LogP contribution is -2.59. The number of nitrogens with zero attached hydrogens (tertiary/aromatic N) is 1. The normalized spacial score (nSPS) is 14.9. The van der Waals surface area contributed by atoms with E-state index in [0.29, 0.717) is 12.1 Å². The molecule has 1 heterocycles. The van der Waals surface area contributed by atoms with E-state index < -0.39 is 61.1 Å². The zero-order valence-electron chi connectivity index (χ0n) is 17.4. The first kappa shape index (κ1) is 26.0. The van der Waals surface area contributed by atoms with Crippen molar-refractivity contribution in [2.75, 3.05) is 13.2 Å². The molecule has 31 heavy (non-hydrogen) atoms. The van der Waals surface area contributed by atoms with Gasteiger partial charge in [-0.05, 0) is 12.3 Å². The van der Waals surface area contributed by atoms with Gasteiger partial charge in [-0.25, -0.2) is 9.78 Å². The highest BCUT2D eigenvalue weighted by atomic mass is 16.4. The molecule has 9 N–H and O–H groups in total. The number of aromatic amines is 1. The second-order valence-corrected chi connectivity index (χ2v) is 7.40. The Morgan fingerprint density at radius 2 is 1.55 bits per heavy atom. The van der Waals surface area contributed by atoms with E-state index in [1.165, 1.54) is 12.5 Å². The van der Waals surface area contributed by atoms with Crippen molar-refractivity contribution in [1.82, 2.24) is 25.9 Å². The van der Waals surface area contributed by atoms with E-state index in [2.05, 4.69) is 20.6 Å². The summed E-state index contributed by atoms with van der Waals surface area (Å²) >= 11 is 0. The minimum absolute atomic E-state index is 0.000129. The van der Waals surface area contributed by atoms with E-state index in [9.17, 15) is 24.3 Å². The summed E-state index contributed by atoms with van der Waals surface area (Å²) in [4.78, 5) is 54.9. The first-order chi connectivity index (χ1) is 14.6. The SMILES string of the molecule is CC(C)CC(N)C(=O)NC(Cc1cnc[nH]1)C(=O)NC(CO)C(=O)NC(CO)C(=O)O. The van der Waals surface area contributed by atoms with Crippen molar-refractivity contribution in [3.05, 3.63) is 18.2 Å². The number of carbonyl (C=O) groups excluding carboxylic acids is 3. The topological polar surface area (TPSA) is 220 Å². The molecule has 0 aliphatic heterocycles. The Morgan fingerprint density at radius 1 is 1.00 bits per heavy atom. The number of carbonyl (C=O) groups is 4. The van der Waals surface area contributed by atoms with Crippen LogP contribution in [-0.2, 0) is 25.6 Å². The molecule has 0 aliphatic carbocycles. The molecule has 13 nitrogen and oxygen atoms in total. The number of hydrogen-bond acceptors (Lipinski definition) is 8. The Labute approximate surface area is 178 Å². The van der Waals surface area contributed by atoms with Gasteiger partial charge in [0.25, 0.3) is 0 Å². The zero-order chi connectivity index (χ0) is 23.6. The fourth-order valence-electron chi connectivity index (χ4n) is 2.64. The van der Waals surface area contributed by atoms with Crippen LogP contribution in [0.4, 0.5) is 0 Å². The summed E-state index contributed by atoms with van der Waals surface area (Å²) in [6.45, 7) is 2.07. The number of nitrogens with two attached hydrogens (primary N) is 1. The van der Waals surface area contributed by atoms with Gasteiger partial charge in [0.05, 0.1) is 25.6 Å². The number of aliphatic hydroxyl groups is 2. The number of aliphatic hydroxyl groups excluding tert-OH is 2. The summed E-state index contributed by atoms with van der Waals surface area (Å²) in [7, 11) is 0. The predicted octanol–water partition coefficient (Wildman–Crippen LogP) is -3.15. The number of aliphatic carboxylic acids is 1. The van der Waals surface area contributed by atoms with Crippen molar-refractivity contribution in [2.24, 2.45) is 11.7 Å². The number of rotatable bonds is 13. The third-order valence-corrected chi connectivity index (χ3v) is 4.29. The van der Waals surface area contributed by atoms with Crippen LogP contribution in [0.3, 0.4) is 0 Å². The molecule has 0 bridgehead atoms. The highest BCUT2D eigenvalue weighted by molar-refractivity contribution is 5.94. The van der Waals surface area contributed by atoms with Crippen molar-refractivity contribution >= 4 is 23.7 Å². The van der Waals surface area contributed by atoms with E-state index in [4.69, 9.17) is 15.9 Å². The standard InChI is InChI=1S/C18H30N6O7/c1-9(2)3-11(19)15(27)22-12(4-10-5-20-8-21-10)16(28)23-13(6-25)17(29)24-14(7-26)18(30)31/h5,8-9,11-14,25-26H,3-4,6-7,19H2,1-2H3,(H,20,21)(H,22,27)(H,23,28)(H,24,29)(H,30,31). The number of nitrogens with one attached hydrogen (secondary N) is 4. The Balaban J connectivity index is 2.90. The lowest BCUT2D eigenvalue weighted by atomic mass is 10.0. The number of amides is 3. The molecular weight excluding hydrogens is 412 g/mol. The Hall–Kier alpha value is -3.03. The third-order valence-electron chi connectivity index (χ3n) is 4.29. The summed E-state index contributed by atoms with van der Waals surface area (Å²) in [5.41, 5.74) is 6.39. The van der Waals surface area contributed by atoms with Crippen LogP contribution in [0, 0.1) is 5.92 Å². The second kappa shape index (κ2) is 12.6. The molecule has 0 aliphatic rings. The van der Waals surface area contributed by atoms with Crippen LogP contribution >= 0.6 is 0 Å². The maximum Gasteiger partial charge on any atom is 0.328 e. The fraction of sp³-hybridized carbons (Fsp3) is 0.611. The van der Waals surface area contributed by atoms with E-state index in [-0.39, 0.29) is 12.3 Å². The number of imidazole rings is 1. The molecule has 1 aromatic heterocycles. The average molecular weight is 442 g/mol. The Morgan fingerprint density at radius 3 is 2.03 bits per heavy atom. The van der Waals surface area contributed by atoms with Crippen molar-refractivity contribution in [3.8, 4) is 0 Å². The van der Waals surface area contributed by atoms with E-state index in [1.807, 2.05) is 19.2 Å². The van der Waals surface area contributed by atoms with Gasteiger partial charge >= 0.3 is 5.97 Å². The van der Waals surface area contributed by atoms with Crippen LogP contribution in [0.5, 0.6) is 0 Å². The van der Waals surface area contributed by atoms with Crippen LogP contribution in [0.15, 0.2) is 12.5 Å². The van der Waals surface area contributed by atoms with Gasteiger partial charge in [-0.2, -0.15) is 0 Å². The Bertz CT molecular complexity index is 740. The molecule has 0 saturated carbocycles. The maximum atomic E-state index is 12.8. The molecule has 3 amide bonds. The van der Waals surface area contributed by atoms with Crippen LogP contribution in [0.2, 0.25) is 0 Å². The third kappa shape index (κ3) is 8.70. The van der Waals surface area contributed by atoms with Gasteiger partial charge in [0.15, 0.2) is 0 Å². The van der Waals surface area contributed by atoms with Crippen molar-refractivity contribution < 1.29 is 34.5 Å². The van der Waals surface area contributed by atoms with Gasteiger partial charge in [-0.3, -0.25) is 14.4 Å². The quantitative estimate of drug-likeness (QED) is 0.154. The van der Waals surface area contributed by atoms with Crippen molar-refractivity contribution in [3.63, 3.8) is 0 Å². The van der Waals surface area contributed by atoms with Gasteiger partial charge in [0.2, 0.25) is 17.7 Å². The highest BCUT2D eigenvalue weighted by Gasteiger charge is 2.30. The van der Waals surface area contributed by atoms with Gasteiger partial charge in [0.1, 0.15) is 18.1 Å². The van der Waals surface area contributed by atoms with Gasteiger partial charge < -0.3 is 42.0 Å². The van der Waals surface area contributed by atoms with Crippen LogP contribution in [0.1, 0.15) is 26.0 Å². The molecule has 174 valence electrons. The molecule has 13 heteroatoms. The first-order valence-electron chi connectivity index (χ1n) is 9.67. The predicted molar refractivity (Wildman–Crippen MR) is 107 cm³/mol. The zero-order valence-corrected chi connectivity index (χ0v) is 17.4. The minimum atomic E-state index is -1.60. The highest BCUT2D eigenvalue weighted by Crippen LogP contribution is 2.05. The molecule has 4 atom stereocenters. The van der Waals surface area contributed by atoms with Gasteiger partial charge in [-0.1, -0.05) is 13.8 Å². The van der Waals surface area contributed by atoms with Gasteiger partial charge in [0, 0.05) is 18.3 Å². The summed E-state index contributed by atoms with van der Waals surface area (Å²) in [6, 6.07) is -5.12. The lowest BCUT2D eigenvalue weighted by molar-refractivity contribution is -0.143. The summed E-state index contributed by atoms with van der Waals surface area (Å²) in [5.74, 6) is -3.71. The number of carboxylic acid groups (broad SMARTS) is 1. The summed E-state index contributed by atoms with van der Waals surface area (Å²) in [5, 5.41) is 34.2. The smallest absolute Gasteiger partial charge is 0.328 e. The van der Waals surface area contributed by atoms with Crippen LogP contribution in [0.25, 0.3) is 0 Å². The summed E-state index contributed by atoms with van der Waals surface area (Å²) < 4.78 is 0. The number of carboxylic acids is 1. The number of aromatic nitrogens is 2. The summed E-state index contributed by atoms with van der Waals surface area (Å²) in [6.07, 6.45) is 3.24. The number of H-pyrrole nitrogens is 1. The molecule has 4 unspecified atom stereocenters. The molecule has 1 rings (SSSR count). The number of hydrogen-bond donors (Lipinski definition) is 8. The molecule has 0 fully saturated rings. The fourth-order valence-corrected chi connectivity index (χ4v) is 2.64. The van der Waals surface area contributed by atoms with E-state index >= 15 is 0 Å². The lowest BCUT2D eigenvalue weighted by Gasteiger charge is -2.24. The molecule has 1 aromatic rings. The molecule has 0 spiro atoms. The Kier molecular flexibility index (Phi) is 10.6. The average Bonchev–Trinajstić information content (AvgIpc) is 3.21. The molecule has 0 aromatic carbocycles. The minimum Gasteiger partial charge on any atom is -0.480 e. The maximum absolute atomic E-state index is 12.8. The van der Waals surface area contributed by atoms with Crippen LogP contribution in [-0.4, -0.2) is 86.4 Å². The van der Waals surface area contributed by atoms with E-state index in [1.54, 1.807) is 0 Å². The van der Waals surface area contributed by atoms with Gasteiger partial charge in [-0.15, -0.1) is 0 Å². The van der Waals surface area contributed by atoms with Crippen molar-refractivity contribution in [1.29, 1.82) is 0 Å².